The number of carbonyl (C=O) groups excluding carboxylic acids is 2. The first-order chi connectivity index (χ1) is 40.7. The fraction of sp³-hybridized carbons (Fsp3) is 0.806. The minimum Gasteiger partial charge on any atom is -0.458 e. The van der Waals surface area contributed by atoms with Crippen molar-refractivity contribution in [1.29, 1.82) is 0 Å². The van der Waals surface area contributed by atoms with Gasteiger partial charge in [-0.05, 0) is 104 Å². The predicted molar refractivity (Wildman–Crippen MR) is 299 cm³/mol. The van der Waals surface area contributed by atoms with Crippen LogP contribution in [0, 0.1) is 16.7 Å². The van der Waals surface area contributed by atoms with Crippen LogP contribution in [-0.4, -0.2) is 237 Å². The zero-order valence-electron chi connectivity index (χ0n) is 50.6. The van der Waals surface area contributed by atoms with E-state index in [0.717, 1.165) is 11.1 Å². The van der Waals surface area contributed by atoms with Crippen LogP contribution in [0.4, 0.5) is 0 Å². The fourth-order valence-corrected chi connectivity index (χ4v) is 16.1. The van der Waals surface area contributed by atoms with Crippen molar-refractivity contribution in [2.75, 3.05) is 20.8 Å². The van der Waals surface area contributed by atoms with Crippen molar-refractivity contribution in [3.8, 4) is 0 Å². The number of aliphatic hydroxyl groups is 9. The third kappa shape index (κ3) is 12.0. The molecular weight excluding hydrogens is 1130 g/mol. The molecule has 9 aliphatic rings. The van der Waals surface area contributed by atoms with E-state index in [9.17, 15) is 55.5 Å². The molecule has 0 spiro atoms. The third-order valence-corrected chi connectivity index (χ3v) is 21.1. The van der Waals surface area contributed by atoms with Crippen LogP contribution in [-0.2, 0) is 71.2 Å². The van der Waals surface area contributed by atoms with Gasteiger partial charge < -0.3 is 108 Å². The summed E-state index contributed by atoms with van der Waals surface area (Å²) in [5, 5.41) is 102. The molecule has 5 saturated heterocycles. The normalized spacial score (nSPS) is 49.7. The van der Waals surface area contributed by atoms with Gasteiger partial charge in [-0.2, -0.15) is 0 Å². The summed E-state index contributed by atoms with van der Waals surface area (Å²) < 4.78 is 80.5. The molecule has 10 rings (SSSR count). The molecule has 24 nitrogen and oxygen atoms in total. The maximum atomic E-state index is 13.6. The zero-order chi connectivity index (χ0) is 62.0. The van der Waals surface area contributed by atoms with Crippen LogP contribution in [0.15, 0.2) is 48.1 Å². The van der Waals surface area contributed by atoms with Crippen LogP contribution in [0.1, 0.15) is 125 Å². The number of ketones is 1. The van der Waals surface area contributed by atoms with E-state index in [1.54, 1.807) is 40.9 Å². The van der Waals surface area contributed by atoms with Gasteiger partial charge in [0.1, 0.15) is 71.7 Å². The molecule has 86 heavy (non-hydrogen) atoms. The minimum atomic E-state index is -2.07. The third-order valence-electron chi connectivity index (χ3n) is 21.1. The smallest absolute Gasteiger partial charge is 0.331 e. The zero-order valence-corrected chi connectivity index (χ0v) is 50.6. The Hall–Kier alpha value is -3.00. The molecule has 24 heteroatoms. The summed E-state index contributed by atoms with van der Waals surface area (Å²) in [6, 6.07) is 9.22. The highest BCUT2D eigenvalue weighted by Crippen LogP contribution is 2.71. The average Bonchev–Trinajstić information content (AvgIpc) is 1.44. The van der Waals surface area contributed by atoms with Gasteiger partial charge >= 0.3 is 5.97 Å². The minimum absolute atomic E-state index is 0.0355. The van der Waals surface area contributed by atoms with Crippen molar-refractivity contribution in [2.45, 2.75) is 277 Å². The molecule has 5 aliphatic heterocycles. The molecule has 1 aromatic rings. The number of ether oxygens (including phenoxy) is 13. The molecule has 0 aromatic heterocycles. The maximum absolute atomic E-state index is 13.6. The lowest BCUT2D eigenvalue weighted by atomic mass is 9.42. The number of hydrogen-bond acceptors (Lipinski definition) is 24. The highest BCUT2D eigenvalue weighted by atomic mass is 16.8. The van der Waals surface area contributed by atoms with Gasteiger partial charge in [0.2, 0.25) is 0 Å². The molecule has 0 unspecified atom stereocenters. The summed E-state index contributed by atoms with van der Waals surface area (Å²) in [5.41, 5.74) is -6.51. The Morgan fingerprint density at radius 2 is 1.19 bits per heavy atom. The number of fused-ring (bicyclic) bond motifs is 5. The van der Waals surface area contributed by atoms with Crippen molar-refractivity contribution in [3.63, 3.8) is 0 Å². The van der Waals surface area contributed by atoms with E-state index in [2.05, 4.69) is 6.92 Å². The number of benzene rings is 1. The van der Waals surface area contributed by atoms with E-state index in [-0.39, 0.29) is 57.5 Å². The standard InChI is InChI=1S/C62H92O24/c1-30-53(83-48-26-40(74-8)55(32(3)78-48)85-47-25-39(66)54(31(2)77-47)84-49-27-41(75-9)56(33(4)79-49)86-57-52(70)51(69)50(68)42(29-63)81-57)38(65)24-46(76-30)80-37-18-19-58(6)36(23-37)17-20-61(72)43(58)28-44(82-45(67)16-15-35-13-11-10-12-14-35)59(7)60(71,34(5)64)21-22-62(59,61)73/h10-17,30-33,37-44,46-57,63,65-66,68-73H,18-29H2,1-9H3/t30-,31-,32-,33-,37+,38+,39+,40-,41+,42-,43-,44-,46+,47+,48+,49+,50-,51+,52-,53-,54-,55-,56-,57+,58+,59-,60-,61+,62-/m1/s1. The predicted octanol–water partition coefficient (Wildman–Crippen LogP) is 1.75. The molecule has 1 aromatic carbocycles. The number of hydrogen-bond donors (Lipinski definition) is 9. The number of Topliss-reactive ketones (excluding diaryl/α,β-unsaturated/α-hetero) is 1. The van der Waals surface area contributed by atoms with Gasteiger partial charge in [-0.15, -0.1) is 0 Å². The van der Waals surface area contributed by atoms with Gasteiger partial charge in [0.25, 0.3) is 0 Å². The van der Waals surface area contributed by atoms with Gasteiger partial charge in [-0.3, -0.25) is 4.79 Å². The summed E-state index contributed by atoms with van der Waals surface area (Å²) in [5.74, 6) is -1.90. The lowest BCUT2D eigenvalue weighted by Crippen LogP contribution is -2.78. The van der Waals surface area contributed by atoms with Gasteiger partial charge in [0, 0.05) is 51.9 Å². The lowest BCUT2D eigenvalue weighted by Gasteiger charge is -2.67. The van der Waals surface area contributed by atoms with E-state index in [1.165, 1.54) is 20.1 Å². The Bertz CT molecular complexity index is 2530. The SMILES string of the molecule is CO[C@H]1C[C@H](O[C@H]2[C@@H](O)C[C@H](O[C@@H]3[C@@H](C)O[C@@H](O[C@H]4[C@@H](O)C[C@H](O[C@H]5CC[C@@]6(C)C(=CC[C@]7(O)[C@@H]6C[C@@H](OC(=O)C=Cc6ccccc6)[C@@]6(C)[C@]7(O)CC[C@@]6(O)C(C)=O)C5)O[C@@H]4C)C[C@H]3OC)O[C@@H]2C)O[C@H](C)[C@H]1O[C@@H]1O[C@H](CO)[C@@H](O)[C@H](O)[C@H]1O. The van der Waals surface area contributed by atoms with E-state index in [0.29, 0.717) is 19.3 Å². The second-order valence-corrected chi connectivity index (χ2v) is 26.0. The number of esters is 1. The molecule has 0 amide bonds. The first kappa shape index (κ1) is 65.9. The van der Waals surface area contributed by atoms with E-state index in [4.69, 9.17) is 61.6 Å². The Kier molecular flexibility index (Phi) is 19.9. The van der Waals surface area contributed by atoms with Crippen molar-refractivity contribution in [3.05, 3.63) is 53.6 Å². The second-order valence-electron chi connectivity index (χ2n) is 26.0. The Labute approximate surface area is 501 Å². The van der Waals surface area contributed by atoms with Crippen LogP contribution >= 0.6 is 0 Å². The molecule has 4 aliphatic carbocycles. The van der Waals surface area contributed by atoms with Gasteiger partial charge in [-0.1, -0.05) is 48.9 Å². The molecule has 29 atom stereocenters. The van der Waals surface area contributed by atoms with Crippen LogP contribution in [0.3, 0.4) is 0 Å². The molecule has 5 heterocycles. The molecular formula is C62H92O24. The van der Waals surface area contributed by atoms with Crippen LogP contribution in [0.5, 0.6) is 0 Å². The summed E-state index contributed by atoms with van der Waals surface area (Å²) in [6.07, 6.45) is -14.2. The Balaban J connectivity index is 0.708. The monoisotopic (exact) mass is 1220 g/mol. The van der Waals surface area contributed by atoms with Crippen molar-refractivity contribution >= 4 is 17.8 Å². The number of aliphatic hydroxyl groups excluding tert-OH is 6. The molecule has 0 bridgehead atoms. The summed E-state index contributed by atoms with van der Waals surface area (Å²) >= 11 is 0. The van der Waals surface area contributed by atoms with Gasteiger partial charge in [0.05, 0.1) is 67.0 Å². The number of rotatable bonds is 17. The van der Waals surface area contributed by atoms with Crippen molar-refractivity contribution in [2.24, 2.45) is 16.7 Å². The Morgan fingerprint density at radius 3 is 1.73 bits per heavy atom. The highest BCUT2D eigenvalue weighted by Gasteiger charge is 2.81. The molecule has 0 radical (unpaired) electrons. The first-order valence-electron chi connectivity index (χ1n) is 30.6. The molecule has 484 valence electrons. The summed E-state index contributed by atoms with van der Waals surface area (Å²) in [7, 11) is 3.02. The Morgan fingerprint density at radius 1 is 0.651 bits per heavy atom. The summed E-state index contributed by atoms with van der Waals surface area (Å²) in [4.78, 5) is 27.0. The van der Waals surface area contributed by atoms with E-state index < -0.39 is 187 Å². The number of carbonyl (C=O) groups is 2. The highest BCUT2D eigenvalue weighted by molar-refractivity contribution is 5.88. The van der Waals surface area contributed by atoms with Gasteiger partial charge in [0.15, 0.2) is 37.2 Å². The van der Waals surface area contributed by atoms with Crippen molar-refractivity contribution in [1.82, 2.24) is 0 Å². The number of methoxy groups -OCH3 is 2. The van der Waals surface area contributed by atoms with Crippen LogP contribution < -0.4 is 0 Å². The lowest BCUT2D eigenvalue weighted by molar-refractivity contribution is -0.358. The molecule has 8 fully saturated rings. The quantitative estimate of drug-likeness (QED) is 0.0609. The van der Waals surface area contributed by atoms with Crippen LogP contribution in [0.25, 0.3) is 6.08 Å². The molecule has 3 saturated carbocycles. The topological polar surface area (TPSA) is 336 Å². The molecule has 9 N–H and O–H groups in total. The second kappa shape index (κ2) is 25.9. The van der Waals surface area contributed by atoms with Gasteiger partial charge in [-0.25, -0.2) is 4.79 Å². The largest absolute Gasteiger partial charge is 0.458 e. The van der Waals surface area contributed by atoms with Crippen LogP contribution in [0.2, 0.25) is 0 Å². The summed E-state index contributed by atoms with van der Waals surface area (Å²) in [6.45, 7) is 11.4. The van der Waals surface area contributed by atoms with Crippen molar-refractivity contribution < 1.29 is 117 Å². The van der Waals surface area contributed by atoms with E-state index in [1.807, 2.05) is 43.3 Å². The van der Waals surface area contributed by atoms with E-state index >= 15 is 0 Å². The average molecular weight is 1220 g/mol. The fourth-order valence-electron chi connectivity index (χ4n) is 16.1. The maximum Gasteiger partial charge on any atom is 0.331 e. The first-order valence-corrected chi connectivity index (χ1v) is 30.6.